The van der Waals surface area contributed by atoms with Gasteiger partial charge in [0.15, 0.2) is 0 Å². The van der Waals surface area contributed by atoms with Crippen molar-refractivity contribution in [1.29, 1.82) is 0 Å². The van der Waals surface area contributed by atoms with Crippen LogP contribution < -0.4 is 11.1 Å². The number of nitrogens with zero attached hydrogens (tertiary/aromatic N) is 2. The lowest BCUT2D eigenvalue weighted by Gasteiger charge is -2.17. The van der Waals surface area contributed by atoms with Crippen molar-refractivity contribution < 1.29 is 14.3 Å². The zero-order valence-electron chi connectivity index (χ0n) is 14.5. The van der Waals surface area contributed by atoms with Crippen LogP contribution >= 0.6 is 0 Å². The molecule has 7 heteroatoms. The van der Waals surface area contributed by atoms with Crippen molar-refractivity contribution in [2.24, 2.45) is 5.73 Å². The van der Waals surface area contributed by atoms with Crippen molar-refractivity contribution in [3.05, 3.63) is 54.1 Å². The minimum atomic E-state index is -0.779. The van der Waals surface area contributed by atoms with Crippen molar-refractivity contribution in [2.75, 3.05) is 7.11 Å². The molecule has 1 aromatic carbocycles. The van der Waals surface area contributed by atoms with E-state index in [1.54, 1.807) is 13.3 Å². The van der Waals surface area contributed by atoms with E-state index in [1.165, 1.54) is 7.11 Å². The van der Waals surface area contributed by atoms with E-state index in [4.69, 9.17) is 5.73 Å². The molecule has 25 heavy (non-hydrogen) atoms. The third kappa shape index (κ3) is 5.42. The van der Waals surface area contributed by atoms with Gasteiger partial charge >= 0.3 is 5.97 Å². The molecule has 134 valence electrons. The Labute approximate surface area is 147 Å². The molecule has 0 spiro atoms. The van der Waals surface area contributed by atoms with E-state index in [-0.39, 0.29) is 0 Å². The third-order valence-electron chi connectivity index (χ3n) is 3.87. The van der Waals surface area contributed by atoms with Gasteiger partial charge in [-0.1, -0.05) is 37.3 Å². The van der Waals surface area contributed by atoms with Crippen LogP contribution in [-0.2, 0) is 27.3 Å². The molecule has 0 radical (unpaired) electrons. The predicted octanol–water partition coefficient (Wildman–Crippen LogP) is 0.869. The fraction of sp³-hybridized carbons (Fsp3) is 0.389. The summed E-state index contributed by atoms with van der Waals surface area (Å²) in [5.74, 6) is -0.870. The molecule has 0 aliphatic heterocycles. The number of carbonyl (C=O) groups is 2. The highest BCUT2D eigenvalue weighted by Crippen LogP contribution is 2.06. The summed E-state index contributed by atoms with van der Waals surface area (Å²) in [4.78, 5) is 28.0. The molecule has 0 bridgehead atoms. The Morgan fingerprint density at radius 2 is 2.04 bits per heavy atom. The number of hydrogen-bond donors (Lipinski definition) is 2. The minimum absolute atomic E-state index is 0.297. The van der Waals surface area contributed by atoms with E-state index < -0.39 is 24.0 Å². The van der Waals surface area contributed by atoms with Crippen molar-refractivity contribution in [2.45, 2.75) is 38.4 Å². The Balaban J connectivity index is 1.91. The Hall–Kier alpha value is -2.67. The van der Waals surface area contributed by atoms with E-state index >= 15 is 0 Å². The number of nitrogens with two attached hydrogens (primary N) is 1. The van der Waals surface area contributed by atoms with Crippen LogP contribution in [0.2, 0.25) is 0 Å². The number of nitrogens with one attached hydrogen (secondary N) is 1. The Morgan fingerprint density at radius 1 is 1.32 bits per heavy atom. The van der Waals surface area contributed by atoms with Crippen LogP contribution in [0.4, 0.5) is 0 Å². The maximum absolute atomic E-state index is 12.2. The van der Waals surface area contributed by atoms with E-state index in [0.717, 1.165) is 11.3 Å². The highest BCUT2D eigenvalue weighted by atomic mass is 16.5. The van der Waals surface area contributed by atoms with Crippen LogP contribution in [0.1, 0.15) is 24.6 Å². The average Bonchev–Trinajstić information content (AvgIpc) is 3.06. The highest BCUT2D eigenvalue weighted by Gasteiger charge is 2.23. The fourth-order valence-electron chi connectivity index (χ4n) is 2.46. The van der Waals surface area contributed by atoms with Crippen LogP contribution in [0.15, 0.2) is 42.9 Å². The van der Waals surface area contributed by atoms with Crippen LogP contribution in [0.25, 0.3) is 0 Å². The van der Waals surface area contributed by atoms with Crippen LogP contribution in [-0.4, -0.2) is 40.6 Å². The normalized spacial score (nSPS) is 13.1. The largest absolute Gasteiger partial charge is 0.467 e. The maximum Gasteiger partial charge on any atom is 0.328 e. The Morgan fingerprint density at radius 3 is 2.68 bits per heavy atom. The number of aromatic nitrogens is 2. The van der Waals surface area contributed by atoms with Gasteiger partial charge in [0.2, 0.25) is 5.91 Å². The summed E-state index contributed by atoms with van der Waals surface area (Å²) < 4.78 is 6.59. The Bertz CT molecular complexity index is 699. The van der Waals surface area contributed by atoms with Crippen molar-refractivity contribution >= 4 is 11.9 Å². The van der Waals surface area contributed by atoms with Gasteiger partial charge in [0, 0.05) is 19.2 Å². The number of carbonyl (C=O) groups excluding carboxylic acids is 2. The summed E-state index contributed by atoms with van der Waals surface area (Å²) in [5.41, 5.74) is 7.83. The lowest BCUT2D eigenvalue weighted by molar-refractivity contribution is -0.145. The zero-order chi connectivity index (χ0) is 18.2. The summed E-state index contributed by atoms with van der Waals surface area (Å²) in [6.07, 6.45) is 4.33. The molecule has 0 aliphatic rings. The van der Waals surface area contributed by atoms with Crippen molar-refractivity contribution in [3.63, 3.8) is 0 Å². The van der Waals surface area contributed by atoms with E-state index in [2.05, 4.69) is 15.0 Å². The number of imidazole rings is 1. The molecular formula is C18H24N4O3. The minimum Gasteiger partial charge on any atom is -0.467 e. The second-order valence-electron chi connectivity index (χ2n) is 5.83. The monoisotopic (exact) mass is 344 g/mol. The molecule has 0 fully saturated rings. The summed E-state index contributed by atoms with van der Waals surface area (Å²) in [5, 5.41) is 2.61. The van der Waals surface area contributed by atoms with Crippen LogP contribution in [0.3, 0.4) is 0 Å². The van der Waals surface area contributed by atoms with E-state index in [1.807, 2.05) is 41.1 Å². The second-order valence-corrected chi connectivity index (χ2v) is 5.83. The molecule has 1 unspecified atom stereocenters. The first-order valence-electron chi connectivity index (χ1n) is 8.21. The van der Waals surface area contributed by atoms with Gasteiger partial charge in [0.1, 0.15) is 6.04 Å². The van der Waals surface area contributed by atoms with Gasteiger partial charge < -0.3 is 20.4 Å². The van der Waals surface area contributed by atoms with Gasteiger partial charge in [-0.3, -0.25) is 4.79 Å². The molecule has 1 amide bonds. The topological polar surface area (TPSA) is 99.2 Å². The summed E-state index contributed by atoms with van der Waals surface area (Å²) in [7, 11) is 1.29. The first-order valence-corrected chi connectivity index (χ1v) is 8.21. The third-order valence-corrected chi connectivity index (χ3v) is 3.87. The molecule has 3 N–H and O–H groups in total. The maximum atomic E-state index is 12.2. The quantitative estimate of drug-likeness (QED) is 0.692. The number of amides is 1. The Kier molecular flexibility index (Phi) is 6.71. The van der Waals surface area contributed by atoms with Crippen LogP contribution in [0.5, 0.6) is 0 Å². The average molecular weight is 344 g/mol. The zero-order valence-corrected chi connectivity index (χ0v) is 14.5. The summed E-state index contributed by atoms with van der Waals surface area (Å²) in [6, 6.07) is 8.56. The second kappa shape index (κ2) is 8.98. The lowest BCUT2D eigenvalue weighted by Crippen LogP contribution is -2.49. The standard InChI is InChI=1S/C18H24N4O3/c1-3-16(18(24)25-2)21-17(23)15(19)9-14-11-22(12-20-14)10-13-7-5-4-6-8-13/h4-8,11-12,15-16H,3,9-10,19H2,1-2H3,(H,21,23)/t15-,16?/m0/s1. The molecule has 2 atom stereocenters. The first kappa shape index (κ1) is 18.7. The van der Waals surface area contributed by atoms with Gasteiger partial charge in [-0.15, -0.1) is 0 Å². The number of benzene rings is 1. The molecule has 1 heterocycles. The fourth-order valence-corrected chi connectivity index (χ4v) is 2.46. The first-order chi connectivity index (χ1) is 12.0. The molecule has 7 nitrogen and oxygen atoms in total. The van der Waals surface area contributed by atoms with Crippen molar-refractivity contribution in [1.82, 2.24) is 14.9 Å². The lowest BCUT2D eigenvalue weighted by atomic mass is 10.1. The van der Waals surface area contributed by atoms with Gasteiger partial charge in [-0.05, 0) is 12.0 Å². The van der Waals surface area contributed by atoms with Gasteiger partial charge in [-0.25, -0.2) is 9.78 Å². The number of hydrogen-bond acceptors (Lipinski definition) is 5. The molecule has 1 aromatic heterocycles. The predicted molar refractivity (Wildman–Crippen MR) is 93.7 cm³/mol. The smallest absolute Gasteiger partial charge is 0.328 e. The molecule has 0 saturated heterocycles. The molecular weight excluding hydrogens is 320 g/mol. The number of methoxy groups -OCH3 is 1. The van der Waals surface area contributed by atoms with E-state index in [0.29, 0.717) is 19.4 Å². The number of rotatable bonds is 8. The van der Waals surface area contributed by atoms with Gasteiger partial charge in [-0.2, -0.15) is 0 Å². The molecule has 0 saturated carbocycles. The highest BCUT2D eigenvalue weighted by molar-refractivity contribution is 5.87. The summed E-state index contributed by atoms with van der Waals surface area (Å²) in [6.45, 7) is 2.49. The number of ether oxygens (including phenoxy) is 1. The van der Waals surface area contributed by atoms with Crippen molar-refractivity contribution in [3.8, 4) is 0 Å². The van der Waals surface area contributed by atoms with Crippen LogP contribution in [0, 0.1) is 0 Å². The number of esters is 1. The van der Waals surface area contributed by atoms with E-state index in [9.17, 15) is 9.59 Å². The van der Waals surface area contributed by atoms with Gasteiger partial charge in [0.25, 0.3) is 0 Å². The molecule has 2 aromatic rings. The molecule has 0 aliphatic carbocycles. The SMILES string of the molecule is CCC(NC(=O)[C@@H](N)Cc1cn(Cc2ccccc2)cn1)C(=O)OC. The summed E-state index contributed by atoms with van der Waals surface area (Å²) >= 11 is 0. The molecule has 2 rings (SSSR count). The van der Waals surface area contributed by atoms with Gasteiger partial charge in [0.05, 0.1) is 25.2 Å².